The van der Waals surface area contributed by atoms with E-state index in [1.807, 2.05) is 18.2 Å². The van der Waals surface area contributed by atoms with Crippen molar-refractivity contribution >= 4 is 21.6 Å². The lowest BCUT2D eigenvalue weighted by Gasteiger charge is -2.15. The number of carbonyl (C=O) groups is 1. The smallest absolute Gasteiger partial charge is 0.243 e. The number of aryl methyl sites for hydroxylation is 1. The van der Waals surface area contributed by atoms with Crippen molar-refractivity contribution in [3.8, 4) is 0 Å². The highest BCUT2D eigenvalue weighted by atomic mass is 32.2. The van der Waals surface area contributed by atoms with Crippen molar-refractivity contribution < 1.29 is 13.2 Å². The van der Waals surface area contributed by atoms with Crippen LogP contribution in [-0.2, 0) is 21.2 Å². The number of nitrogens with one attached hydrogen (secondary N) is 1. The number of sulfonamides is 1. The summed E-state index contributed by atoms with van der Waals surface area (Å²) in [5.41, 5.74) is 1.84. The summed E-state index contributed by atoms with van der Waals surface area (Å²) in [7, 11) is -3.41. The minimum absolute atomic E-state index is 0.0592. The summed E-state index contributed by atoms with van der Waals surface area (Å²) in [4.78, 5) is 12.3. The highest BCUT2D eigenvalue weighted by Gasteiger charge is 2.26. The molecule has 1 aliphatic heterocycles. The predicted octanol–water partition coefficient (Wildman–Crippen LogP) is 3.43. The summed E-state index contributed by atoms with van der Waals surface area (Å²) < 4.78 is 26.5. The molecule has 0 aromatic heterocycles. The fourth-order valence-corrected chi connectivity index (χ4v) is 4.63. The summed E-state index contributed by atoms with van der Waals surface area (Å²) in [5.74, 6) is -0.0592. The second-order valence-electron chi connectivity index (χ2n) is 6.52. The van der Waals surface area contributed by atoms with Crippen LogP contribution in [0.5, 0.6) is 0 Å². The maximum absolute atomic E-state index is 12.5. The van der Waals surface area contributed by atoms with E-state index in [2.05, 4.69) is 17.4 Å². The van der Waals surface area contributed by atoms with Crippen LogP contribution in [0.15, 0.2) is 59.5 Å². The van der Waals surface area contributed by atoms with Crippen molar-refractivity contribution in [2.75, 3.05) is 18.4 Å². The first-order valence-electron chi connectivity index (χ1n) is 9.00. The van der Waals surface area contributed by atoms with Crippen molar-refractivity contribution in [1.82, 2.24) is 4.31 Å². The molecule has 5 nitrogen and oxygen atoms in total. The highest BCUT2D eigenvalue weighted by molar-refractivity contribution is 7.89. The number of benzene rings is 2. The van der Waals surface area contributed by atoms with Crippen molar-refractivity contribution in [1.29, 1.82) is 0 Å². The van der Waals surface area contributed by atoms with Gasteiger partial charge < -0.3 is 5.32 Å². The molecule has 0 radical (unpaired) electrons. The molecule has 2 aromatic carbocycles. The molecule has 2 aromatic rings. The molecule has 1 saturated heterocycles. The van der Waals surface area contributed by atoms with Gasteiger partial charge in [-0.05, 0) is 55.5 Å². The average molecular weight is 372 g/mol. The average Bonchev–Trinajstić information content (AvgIpc) is 3.19. The molecular weight excluding hydrogens is 348 g/mol. The summed E-state index contributed by atoms with van der Waals surface area (Å²) in [6, 6.07) is 16.5. The Kier molecular flexibility index (Phi) is 6.06. The molecule has 1 aliphatic rings. The van der Waals surface area contributed by atoms with Crippen LogP contribution in [0.1, 0.15) is 31.2 Å². The molecule has 1 fully saturated rings. The van der Waals surface area contributed by atoms with Gasteiger partial charge in [-0.3, -0.25) is 4.79 Å². The van der Waals surface area contributed by atoms with E-state index in [4.69, 9.17) is 0 Å². The van der Waals surface area contributed by atoms with Crippen LogP contribution < -0.4 is 5.32 Å². The minimum atomic E-state index is -3.41. The number of hydrogen-bond acceptors (Lipinski definition) is 3. The van der Waals surface area contributed by atoms with E-state index in [1.165, 1.54) is 9.87 Å². The van der Waals surface area contributed by atoms with Crippen LogP contribution in [0.4, 0.5) is 5.69 Å². The molecule has 6 heteroatoms. The third-order valence-electron chi connectivity index (χ3n) is 4.55. The zero-order valence-electron chi connectivity index (χ0n) is 14.7. The lowest BCUT2D eigenvalue weighted by atomic mass is 10.1. The number of rotatable bonds is 7. The minimum Gasteiger partial charge on any atom is -0.326 e. The Balaban J connectivity index is 1.51. The number of anilines is 1. The Morgan fingerprint density at radius 3 is 2.27 bits per heavy atom. The molecule has 1 N–H and O–H groups in total. The molecule has 1 heterocycles. The molecule has 0 spiro atoms. The van der Waals surface area contributed by atoms with E-state index in [0.29, 0.717) is 25.2 Å². The van der Waals surface area contributed by atoms with Gasteiger partial charge in [-0.1, -0.05) is 30.3 Å². The normalized spacial score (nSPS) is 15.1. The van der Waals surface area contributed by atoms with Crippen LogP contribution >= 0.6 is 0 Å². The molecule has 138 valence electrons. The van der Waals surface area contributed by atoms with Crippen molar-refractivity contribution in [2.45, 2.75) is 37.0 Å². The molecular formula is C20H24N2O3S. The quantitative estimate of drug-likeness (QED) is 0.810. The van der Waals surface area contributed by atoms with E-state index in [0.717, 1.165) is 25.7 Å². The zero-order chi connectivity index (χ0) is 18.4. The summed E-state index contributed by atoms with van der Waals surface area (Å²) in [5, 5.41) is 2.83. The maximum Gasteiger partial charge on any atom is 0.243 e. The first kappa shape index (κ1) is 18.6. The van der Waals surface area contributed by atoms with Crippen molar-refractivity contribution in [3.63, 3.8) is 0 Å². The maximum atomic E-state index is 12.5. The summed E-state index contributed by atoms with van der Waals surface area (Å²) in [6.07, 6.45) is 3.90. The van der Waals surface area contributed by atoms with Gasteiger partial charge in [-0.2, -0.15) is 4.31 Å². The van der Waals surface area contributed by atoms with E-state index in [-0.39, 0.29) is 10.8 Å². The fourth-order valence-electron chi connectivity index (χ4n) is 3.11. The molecule has 26 heavy (non-hydrogen) atoms. The van der Waals surface area contributed by atoms with E-state index >= 15 is 0 Å². The Hall–Kier alpha value is -2.18. The van der Waals surface area contributed by atoms with Crippen LogP contribution in [0.25, 0.3) is 0 Å². The number of carbonyl (C=O) groups excluding carboxylic acids is 1. The van der Waals surface area contributed by atoms with Gasteiger partial charge in [0.1, 0.15) is 0 Å². The van der Waals surface area contributed by atoms with Crippen LogP contribution in [-0.4, -0.2) is 31.7 Å². The lowest BCUT2D eigenvalue weighted by molar-refractivity contribution is -0.116. The number of hydrogen-bond donors (Lipinski definition) is 1. The molecule has 3 rings (SSSR count). The van der Waals surface area contributed by atoms with E-state index < -0.39 is 10.0 Å². The Labute approximate surface area is 155 Å². The van der Waals surface area contributed by atoms with Gasteiger partial charge in [-0.25, -0.2) is 8.42 Å². The second kappa shape index (κ2) is 8.47. The van der Waals surface area contributed by atoms with E-state index in [9.17, 15) is 13.2 Å². The molecule has 0 unspecified atom stereocenters. The number of nitrogens with zero attached hydrogens (tertiary/aromatic N) is 1. The lowest BCUT2D eigenvalue weighted by Crippen LogP contribution is -2.27. The SMILES string of the molecule is O=C(CCCc1ccccc1)Nc1ccc(S(=O)(=O)N2CCCC2)cc1. The molecule has 0 aliphatic carbocycles. The molecule has 0 atom stereocenters. The molecule has 1 amide bonds. The molecule has 0 bridgehead atoms. The van der Waals surface area contributed by atoms with Gasteiger partial charge in [-0.15, -0.1) is 0 Å². The van der Waals surface area contributed by atoms with Crippen LogP contribution in [0.2, 0.25) is 0 Å². The Morgan fingerprint density at radius 1 is 0.962 bits per heavy atom. The van der Waals surface area contributed by atoms with Crippen molar-refractivity contribution in [3.05, 3.63) is 60.2 Å². The molecule has 0 saturated carbocycles. The van der Waals surface area contributed by atoms with E-state index in [1.54, 1.807) is 24.3 Å². The third-order valence-corrected chi connectivity index (χ3v) is 6.47. The standard InChI is InChI=1S/C20H24N2O3S/c23-20(10-6-9-17-7-2-1-3-8-17)21-18-11-13-19(14-12-18)26(24,25)22-15-4-5-16-22/h1-3,7-8,11-14H,4-6,9-10,15-16H2,(H,21,23). The summed E-state index contributed by atoms with van der Waals surface area (Å²) >= 11 is 0. The van der Waals surface area contributed by atoms with Gasteiger partial charge in [0.15, 0.2) is 0 Å². The topological polar surface area (TPSA) is 66.5 Å². The first-order valence-corrected chi connectivity index (χ1v) is 10.4. The van der Waals surface area contributed by atoms with Gasteiger partial charge in [0, 0.05) is 25.2 Å². The van der Waals surface area contributed by atoms with Gasteiger partial charge >= 0.3 is 0 Å². The van der Waals surface area contributed by atoms with Gasteiger partial charge in [0.25, 0.3) is 0 Å². The van der Waals surface area contributed by atoms with Gasteiger partial charge in [0.05, 0.1) is 4.90 Å². The number of amides is 1. The first-order chi connectivity index (χ1) is 12.6. The van der Waals surface area contributed by atoms with Crippen molar-refractivity contribution in [2.24, 2.45) is 0 Å². The third kappa shape index (κ3) is 4.71. The summed E-state index contributed by atoms with van der Waals surface area (Å²) in [6.45, 7) is 1.17. The van der Waals surface area contributed by atoms with Gasteiger partial charge in [0.2, 0.25) is 15.9 Å². The fraction of sp³-hybridized carbons (Fsp3) is 0.350. The zero-order valence-corrected chi connectivity index (χ0v) is 15.5. The predicted molar refractivity (Wildman–Crippen MR) is 102 cm³/mol. The van der Waals surface area contributed by atoms with Crippen LogP contribution in [0, 0.1) is 0 Å². The highest BCUT2D eigenvalue weighted by Crippen LogP contribution is 2.22. The Morgan fingerprint density at radius 2 is 1.62 bits per heavy atom. The monoisotopic (exact) mass is 372 g/mol. The van der Waals surface area contributed by atoms with Crippen LogP contribution in [0.3, 0.4) is 0 Å². The second-order valence-corrected chi connectivity index (χ2v) is 8.46. The largest absolute Gasteiger partial charge is 0.326 e. The Bertz CT molecular complexity index is 827.